The standard InChI is InChI=1S/C26H24F3N5O3/c1-5-20-23(18-8-6-13-31-25(18)36-4)24(34(33-20)22-9-7-12-30-15(22)2)32-21-11-10-17(37-26(27,28)29)14-19(21)16(3)35/h6-14,32,35H,3,5H2,1-2,4H3. The molecule has 0 amide bonds. The summed E-state index contributed by atoms with van der Waals surface area (Å²) in [6, 6.07) is 10.8. The molecule has 0 aliphatic carbocycles. The highest BCUT2D eigenvalue weighted by atomic mass is 19.4. The quantitative estimate of drug-likeness (QED) is 0.265. The van der Waals surface area contributed by atoms with Crippen LogP contribution in [0.3, 0.4) is 0 Å². The first kappa shape index (κ1) is 25.5. The van der Waals surface area contributed by atoms with Crippen molar-refractivity contribution in [1.29, 1.82) is 0 Å². The number of anilines is 2. The number of aliphatic hydroxyl groups excluding tert-OH is 1. The fraction of sp³-hybridized carbons (Fsp3) is 0.192. The van der Waals surface area contributed by atoms with Crippen LogP contribution in [0, 0.1) is 6.92 Å². The average molecular weight is 512 g/mol. The largest absolute Gasteiger partial charge is 0.573 e. The van der Waals surface area contributed by atoms with Gasteiger partial charge in [-0.25, -0.2) is 9.67 Å². The van der Waals surface area contributed by atoms with Crippen LogP contribution in [0.4, 0.5) is 24.7 Å². The zero-order chi connectivity index (χ0) is 26.7. The van der Waals surface area contributed by atoms with Crippen molar-refractivity contribution in [3.8, 4) is 28.4 Å². The second-order valence-corrected chi connectivity index (χ2v) is 7.93. The summed E-state index contributed by atoms with van der Waals surface area (Å²) < 4.78 is 49.6. The lowest BCUT2D eigenvalue weighted by Crippen LogP contribution is -2.17. The van der Waals surface area contributed by atoms with Gasteiger partial charge in [-0.3, -0.25) is 4.98 Å². The summed E-state index contributed by atoms with van der Waals surface area (Å²) in [4.78, 5) is 8.68. The minimum atomic E-state index is -4.89. The fourth-order valence-corrected chi connectivity index (χ4v) is 3.92. The van der Waals surface area contributed by atoms with Crippen LogP contribution in [0.25, 0.3) is 22.6 Å². The van der Waals surface area contributed by atoms with E-state index < -0.39 is 17.9 Å². The number of ether oxygens (including phenoxy) is 2. The molecule has 4 rings (SSSR count). The van der Waals surface area contributed by atoms with Gasteiger partial charge >= 0.3 is 6.36 Å². The summed E-state index contributed by atoms with van der Waals surface area (Å²) in [6.07, 6.45) is -1.08. The van der Waals surface area contributed by atoms with Crippen molar-refractivity contribution in [2.75, 3.05) is 12.4 Å². The lowest BCUT2D eigenvalue weighted by molar-refractivity contribution is -0.274. The molecule has 0 spiro atoms. The number of hydrogen-bond acceptors (Lipinski definition) is 7. The molecule has 3 aromatic heterocycles. The third kappa shape index (κ3) is 5.35. The Kier molecular flexibility index (Phi) is 7.05. The first-order chi connectivity index (χ1) is 17.6. The molecule has 0 fully saturated rings. The number of benzene rings is 1. The van der Waals surface area contributed by atoms with Gasteiger partial charge < -0.3 is 19.9 Å². The van der Waals surface area contributed by atoms with Gasteiger partial charge in [0.2, 0.25) is 5.88 Å². The van der Waals surface area contributed by atoms with Crippen LogP contribution in [-0.4, -0.2) is 38.3 Å². The molecule has 4 aromatic rings. The monoisotopic (exact) mass is 511 g/mol. The van der Waals surface area contributed by atoms with Crippen LogP contribution in [0.5, 0.6) is 11.6 Å². The summed E-state index contributed by atoms with van der Waals surface area (Å²) in [7, 11) is 1.51. The minimum Gasteiger partial charge on any atom is -0.508 e. The predicted octanol–water partition coefficient (Wildman–Crippen LogP) is 6.38. The summed E-state index contributed by atoms with van der Waals surface area (Å²) in [5, 5.41) is 18.3. The number of aliphatic hydroxyl groups is 1. The molecule has 37 heavy (non-hydrogen) atoms. The van der Waals surface area contributed by atoms with Crippen LogP contribution in [0.1, 0.15) is 23.9 Å². The molecule has 0 aliphatic heterocycles. The topological polar surface area (TPSA) is 94.3 Å². The number of methoxy groups -OCH3 is 1. The highest BCUT2D eigenvalue weighted by molar-refractivity contribution is 5.86. The zero-order valence-corrected chi connectivity index (χ0v) is 20.3. The molecule has 3 heterocycles. The maximum atomic E-state index is 12.8. The van der Waals surface area contributed by atoms with E-state index in [-0.39, 0.29) is 11.3 Å². The van der Waals surface area contributed by atoms with Crippen molar-refractivity contribution in [3.63, 3.8) is 0 Å². The number of nitrogens with one attached hydrogen (secondary N) is 1. The number of rotatable bonds is 8. The van der Waals surface area contributed by atoms with Gasteiger partial charge in [0, 0.05) is 23.5 Å². The number of hydrogen-bond donors (Lipinski definition) is 2. The van der Waals surface area contributed by atoms with Crippen LogP contribution < -0.4 is 14.8 Å². The third-order valence-corrected chi connectivity index (χ3v) is 5.52. The van der Waals surface area contributed by atoms with E-state index in [0.29, 0.717) is 46.3 Å². The van der Waals surface area contributed by atoms with Gasteiger partial charge in [0.25, 0.3) is 0 Å². The molecular weight excluding hydrogens is 487 g/mol. The lowest BCUT2D eigenvalue weighted by Gasteiger charge is -2.18. The Bertz CT molecular complexity index is 1450. The molecule has 0 aliphatic rings. The van der Waals surface area contributed by atoms with Crippen molar-refractivity contribution < 1.29 is 27.8 Å². The molecule has 0 radical (unpaired) electrons. The molecule has 192 valence electrons. The maximum Gasteiger partial charge on any atom is 0.573 e. The summed E-state index contributed by atoms with van der Waals surface area (Å²) in [5.74, 6) is -0.118. The first-order valence-corrected chi connectivity index (χ1v) is 11.2. The van der Waals surface area contributed by atoms with Crippen LogP contribution in [-0.2, 0) is 6.42 Å². The smallest absolute Gasteiger partial charge is 0.508 e. The molecule has 0 saturated heterocycles. The molecule has 11 heteroatoms. The SMILES string of the molecule is C=C(O)c1cc(OC(F)(F)F)ccc1Nc1c(-c2cccnc2OC)c(CC)nn1-c1cccnc1C. The van der Waals surface area contributed by atoms with Gasteiger partial charge in [-0.1, -0.05) is 13.5 Å². The Balaban J connectivity index is 1.96. The van der Waals surface area contributed by atoms with Gasteiger partial charge in [0.05, 0.1) is 35.4 Å². The van der Waals surface area contributed by atoms with Crippen molar-refractivity contribution in [2.24, 2.45) is 0 Å². The Morgan fingerprint density at radius 2 is 1.86 bits per heavy atom. The lowest BCUT2D eigenvalue weighted by atomic mass is 10.0. The van der Waals surface area contributed by atoms with Gasteiger partial charge in [-0.2, -0.15) is 5.10 Å². The van der Waals surface area contributed by atoms with E-state index in [1.807, 2.05) is 26.0 Å². The van der Waals surface area contributed by atoms with Crippen molar-refractivity contribution in [2.45, 2.75) is 26.6 Å². The van der Waals surface area contributed by atoms with E-state index in [1.54, 1.807) is 29.2 Å². The second kappa shape index (κ2) is 10.2. The summed E-state index contributed by atoms with van der Waals surface area (Å²) in [6.45, 7) is 7.29. The molecule has 8 nitrogen and oxygen atoms in total. The Morgan fingerprint density at radius 1 is 1.14 bits per heavy atom. The molecule has 1 aromatic carbocycles. The van der Waals surface area contributed by atoms with Gasteiger partial charge in [0.15, 0.2) is 0 Å². The van der Waals surface area contributed by atoms with Gasteiger partial charge in [0.1, 0.15) is 17.3 Å². The highest BCUT2D eigenvalue weighted by Crippen LogP contribution is 2.41. The normalized spacial score (nSPS) is 11.3. The van der Waals surface area contributed by atoms with Crippen molar-refractivity contribution in [3.05, 3.63) is 78.4 Å². The van der Waals surface area contributed by atoms with E-state index in [4.69, 9.17) is 9.84 Å². The van der Waals surface area contributed by atoms with E-state index in [2.05, 4.69) is 26.6 Å². The minimum absolute atomic E-state index is 0.0135. The number of aryl methyl sites for hydroxylation is 2. The molecule has 0 bridgehead atoms. The van der Waals surface area contributed by atoms with Gasteiger partial charge in [-0.15, -0.1) is 13.2 Å². The number of pyridine rings is 2. The fourth-order valence-electron chi connectivity index (χ4n) is 3.92. The number of nitrogens with zero attached hydrogens (tertiary/aromatic N) is 4. The predicted molar refractivity (Wildman–Crippen MR) is 133 cm³/mol. The molecule has 0 saturated carbocycles. The Labute approximate surface area is 211 Å². The summed E-state index contributed by atoms with van der Waals surface area (Å²) in [5.41, 5.74) is 3.69. The van der Waals surface area contributed by atoms with E-state index >= 15 is 0 Å². The zero-order valence-electron chi connectivity index (χ0n) is 20.3. The molecule has 2 N–H and O–H groups in total. The van der Waals surface area contributed by atoms with Gasteiger partial charge in [-0.05, 0) is 55.8 Å². The third-order valence-electron chi connectivity index (χ3n) is 5.52. The molecular formula is C26H24F3N5O3. The number of alkyl halides is 3. The van der Waals surface area contributed by atoms with E-state index in [0.717, 1.165) is 12.1 Å². The Hall–Kier alpha value is -4.54. The molecule has 0 atom stereocenters. The molecule has 0 unspecified atom stereocenters. The van der Waals surface area contributed by atoms with Crippen molar-refractivity contribution in [1.82, 2.24) is 19.7 Å². The highest BCUT2D eigenvalue weighted by Gasteiger charge is 2.31. The number of aromatic nitrogens is 4. The first-order valence-electron chi connectivity index (χ1n) is 11.2. The van der Waals surface area contributed by atoms with Crippen LogP contribution >= 0.6 is 0 Å². The van der Waals surface area contributed by atoms with Crippen LogP contribution in [0.15, 0.2) is 61.4 Å². The van der Waals surface area contributed by atoms with E-state index in [9.17, 15) is 18.3 Å². The van der Waals surface area contributed by atoms with Crippen LogP contribution in [0.2, 0.25) is 0 Å². The van der Waals surface area contributed by atoms with E-state index in [1.165, 1.54) is 13.2 Å². The number of halogens is 3. The Morgan fingerprint density at radius 3 is 2.51 bits per heavy atom. The average Bonchev–Trinajstić information content (AvgIpc) is 3.21. The summed E-state index contributed by atoms with van der Waals surface area (Å²) >= 11 is 0. The van der Waals surface area contributed by atoms with Crippen molar-refractivity contribution >= 4 is 17.3 Å². The maximum absolute atomic E-state index is 12.8. The second-order valence-electron chi connectivity index (χ2n) is 7.93.